The van der Waals surface area contributed by atoms with Crippen LogP contribution in [0.2, 0.25) is 0 Å². The number of sulfone groups is 1. The maximum atomic E-state index is 13.1. The van der Waals surface area contributed by atoms with E-state index in [0.717, 1.165) is 11.1 Å². The lowest BCUT2D eigenvalue weighted by Crippen LogP contribution is -2.03. The van der Waals surface area contributed by atoms with Crippen LogP contribution >= 0.6 is 0 Å². The fourth-order valence-corrected chi connectivity index (χ4v) is 3.95. The Morgan fingerprint density at radius 2 is 1.58 bits per heavy atom. The Morgan fingerprint density at radius 3 is 2.23 bits per heavy atom. The van der Waals surface area contributed by atoms with E-state index >= 15 is 0 Å². The van der Waals surface area contributed by atoms with Crippen LogP contribution in [0.4, 0.5) is 4.39 Å². The molecule has 0 aliphatic heterocycles. The van der Waals surface area contributed by atoms with Crippen LogP contribution < -0.4 is 4.74 Å². The third-order valence-electron chi connectivity index (χ3n) is 4.75. The first-order valence-corrected chi connectivity index (χ1v) is 11.4. The third-order valence-corrected chi connectivity index (χ3v) is 6.50. The zero-order valence-electron chi connectivity index (χ0n) is 16.8. The van der Waals surface area contributed by atoms with E-state index in [1.807, 2.05) is 30.3 Å². The van der Waals surface area contributed by atoms with Crippen LogP contribution in [-0.2, 0) is 16.4 Å². The van der Waals surface area contributed by atoms with E-state index in [1.165, 1.54) is 24.3 Å². The topological polar surface area (TPSA) is 69.4 Å². The van der Waals surface area contributed by atoms with Crippen LogP contribution in [-0.4, -0.2) is 19.2 Å². The molecule has 0 unspecified atom stereocenters. The van der Waals surface area contributed by atoms with Crippen molar-refractivity contribution in [3.05, 3.63) is 90.6 Å². The van der Waals surface area contributed by atoms with Gasteiger partial charge >= 0.3 is 0 Å². The maximum Gasteiger partial charge on any atom is 0.233 e. The van der Waals surface area contributed by atoms with Crippen molar-refractivity contribution in [3.8, 4) is 28.3 Å². The third kappa shape index (κ3) is 4.67. The summed E-state index contributed by atoms with van der Waals surface area (Å²) in [4.78, 5) is 4.85. The number of ether oxygens (including phenoxy) is 1. The van der Waals surface area contributed by atoms with Gasteiger partial charge in [0.2, 0.25) is 5.89 Å². The van der Waals surface area contributed by atoms with Crippen molar-refractivity contribution in [2.45, 2.75) is 18.4 Å². The number of nitrogens with zero attached hydrogens (tertiary/aromatic N) is 1. The summed E-state index contributed by atoms with van der Waals surface area (Å²) in [6, 6.07) is 21.8. The van der Waals surface area contributed by atoms with E-state index in [1.54, 1.807) is 31.2 Å². The van der Waals surface area contributed by atoms with Gasteiger partial charge in [-0.05, 0) is 36.4 Å². The molecular weight excluding hydrogens is 417 g/mol. The Hall–Kier alpha value is -3.45. The minimum absolute atomic E-state index is 0.0381. The Labute approximate surface area is 180 Å². The second-order valence-electron chi connectivity index (χ2n) is 6.82. The zero-order valence-corrected chi connectivity index (χ0v) is 17.6. The van der Waals surface area contributed by atoms with Gasteiger partial charge in [-0.15, -0.1) is 0 Å². The predicted molar refractivity (Wildman–Crippen MR) is 116 cm³/mol. The van der Waals surface area contributed by atoms with Crippen molar-refractivity contribution in [1.82, 2.24) is 4.98 Å². The number of hydrogen-bond donors (Lipinski definition) is 0. The second-order valence-corrected chi connectivity index (χ2v) is 9.10. The molecule has 0 N–H and O–H groups in total. The van der Waals surface area contributed by atoms with E-state index in [0.29, 0.717) is 23.1 Å². The van der Waals surface area contributed by atoms with Gasteiger partial charge in [-0.1, -0.05) is 49.4 Å². The monoisotopic (exact) mass is 437 g/mol. The van der Waals surface area contributed by atoms with Crippen molar-refractivity contribution < 1.29 is 22.0 Å². The lowest BCUT2D eigenvalue weighted by atomic mass is 10.1. The van der Waals surface area contributed by atoms with Crippen LogP contribution in [0.15, 0.2) is 88.2 Å². The molecule has 7 heteroatoms. The first-order valence-electron chi connectivity index (χ1n) is 9.73. The first-order chi connectivity index (χ1) is 15.0. The highest BCUT2D eigenvalue weighted by Gasteiger charge is 2.18. The van der Waals surface area contributed by atoms with Gasteiger partial charge in [0.15, 0.2) is 22.2 Å². The average molecular weight is 437 g/mol. The molecule has 0 atom stereocenters. The maximum absolute atomic E-state index is 13.1. The summed E-state index contributed by atoms with van der Waals surface area (Å²) in [6.07, 6.45) is 0. The van der Waals surface area contributed by atoms with Crippen LogP contribution in [0.5, 0.6) is 5.75 Å². The molecule has 0 fully saturated rings. The van der Waals surface area contributed by atoms with Gasteiger partial charge in [0.25, 0.3) is 0 Å². The highest BCUT2D eigenvalue weighted by molar-refractivity contribution is 7.91. The molecule has 1 aromatic heterocycles. The van der Waals surface area contributed by atoms with Gasteiger partial charge in [-0.2, -0.15) is 0 Å². The largest absolute Gasteiger partial charge is 0.484 e. The van der Waals surface area contributed by atoms with Crippen molar-refractivity contribution in [2.75, 3.05) is 5.75 Å². The van der Waals surface area contributed by atoms with Gasteiger partial charge < -0.3 is 9.15 Å². The van der Waals surface area contributed by atoms with Crippen molar-refractivity contribution in [1.29, 1.82) is 0 Å². The second kappa shape index (κ2) is 8.73. The Balaban J connectivity index is 1.68. The molecule has 5 nitrogen and oxygen atoms in total. The molecule has 31 heavy (non-hydrogen) atoms. The van der Waals surface area contributed by atoms with E-state index in [9.17, 15) is 12.8 Å². The molecule has 3 aromatic carbocycles. The molecule has 0 amide bonds. The number of rotatable bonds is 7. The molecule has 0 aliphatic rings. The van der Waals surface area contributed by atoms with E-state index in [-0.39, 0.29) is 23.1 Å². The summed E-state index contributed by atoms with van der Waals surface area (Å²) in [6.45, 7) is 1.68. The SMILES string of the molecule is CCS(=O)(=O)c1ccc(-c2nc(COc3ccc(F)cc3)oc2-c2ccccc2)cc1. The Bertz CT molecular complexity index is 1270. The fraction of sp³-hybridized carbons (Fsp3) is 0.125. The molecule has 4 aromatic rings. The standard InChI is InChI=1S/C24H20FNO4S/c1-2-31(27,28)21-14-8-17(9-15-21)23-24(18-6-4-3-5-7-18)30-22(26-23)16-29-20-12-10-19(25)11-13-20/h3-15H,2,16H2,1H3. The minimum Gasteiger partial charge on any atom is -0.484 e. The highest BCUT2D eigenvalue weighted by atomic mass is 32.2. The van der Waals surface area contributed by atoms with Gasteiger partial charge in [0.05, 0.1) is 10.6 Å². The normalized spacial score (nSPS) is 11.4. The number of halogens is 1. The molecular formula is C24H20FNO4S. The zero-order chi connectivity index (χ0) is 21.8. The van der Waals surface area contributed by atoms with Gasteiger partial charge in [-0.25, -0.2) is 17.8 Å². The van der Waals surface area contributed by atoms with Crippen LogP contribution in [0.3, 0.4) is 0 Å². The number of benzene rings is 3. The number of aromatic nitrogens is 1. The molecule has 0 saturated heterocycles. The van der Waals surface area contributed by atoms with Crippen molar-refractivity contribution in [3.63, 3.8) is 0 Å². The predicted octanol–water partition coefficient (Wildman–Crippen LogP) is 5.52. The number of oxazole rings is 1. The Morgan fingerprint density at radius 1 is 0.903 bits per heavy atom. The smallest absolute Gasteiger partial charge is 0.233 e. The first kappa shape index (κ1) is 20.8. The van der Waals surface area contributed by atoms with Crippen LogP contribution in [0.25, 0.3) is 22.6 Å². The minimum atomic E-state index is -3.29. The quantitative estimate of drug-likeness (QED) is 0.381. The lowest BCUT2D eigenvalue weighted by Gasteiger charge is -2.04. The summed E-state index contributed by atoms with van der Waals surface area (Å²) in [5.41, 5.74) is 2.15. The molecule has 0 bridgehead atoms. The summed E-state index contributed by atoms with van der Waals surface area (Å²) in [5.74, 6) is 1.10. The van der Waals surface area contributed by atoms with Crippen LogP contribution in [0.1, 0.15) is 12.8 Å². The molecule has 4 rings (SSSR count). The number of hydrogen-bond acceptors (Lipinski definition) is 5. The van der Waals surface area contributed by atoms with E-state index in [4.69, 9.17) is 9.15 Å². The van der Waals surface area contributed by atoms with Gasteiger partial charge in [-0.3, -0.25) is 0 Å². The van der Waals surface area contributed by atoms with Crippen molar-refractivity contribution in [2.24, 2.45) is 0 Å². The average Bonchev–Trinajstić information content (AvgIpc) is 3.24. The van der Waals surface area contributed by atoms with E-state index < -0.39 is 9.84 Å². The van der Waals surface area contributed by atoms with Crippen molar-refractivity contribution >= 4 is 9.84 Å². The molecule has 0 saturated carbocycles. The lowest BCUT2D eigenvalue weighted by molar-refractivity contribution is 0.264. The summed E-state index contributed by atoms with van der Waals surface area (Å²) >= 11 is 0. The summed E-state index contributed by atoms with van der Waals surface area (Å²) in [5, 5.41) is 0. The summed E-state index contributed by atoms with van der Waals surface area (Å²) in [7, 11) is -3.29. The molecule has 158 valence electrons. The summed E-state index contributed by atoms with van der Waals surface area (Å²) < 4.78 is 49.0. The highest BCUT2D eigenvalue weighted by Crippen LogP contribution is 2.33. The molecule has 0 aliphatic carbocycles. The molecule has 0 radical (unpaired) electrons. The van der Waals surface area contributed by atoms with Gasteiger partial charge in [0, 0.05) is 11.1 Å². The molecule has 1 heterocycles. The Kier molecular flexibility index (Phi) is 5.86. The molecule has 0 spiro atoms. The van der Waals surface area contributed by atoms with E-state index in [2.05, 4.69) is 4.98 Å². The fourth-order valence-electron chi connectivity index (χ4n) is 3.07. The van der Waals surface area contributed by atoms with Crippen LogP contribution in [0, 0.1) is 5.82 Å². The van der Waals surface area contributed by atoms with Gasteiger partial charge in [0.1, 0.15) is 17.3 Å².